The van der Waals surface area contributed by atoms with E-state index >= 15 is 0 Å². The standard InChI is InChI=1S/C13H16ClN3S/c1-9-4-3-5-10(6-9)18-8-12(15)13-11(14)7-16-17(13)2/h3-7,12H,8,15H2,1-2H3. The van der Waals surface area contributed by atoms with E-state index in [0.29, 0.717) is 5.02 Å². The summed E-state index contributed by atoms with van der Waals surface area (Å²) in [5.41, 5.74) is 8.30. The van der Waals surface area contributed by atoms with E-state index < -0.39 is 0 Å². The molecule has 2 rings (SSSR count). The minimum absolute atomic E-state index is 0.115. The highest BCUT2D eigenvalue weighted by Crippen LogP contribution is 2.27. The molecule has 1 atom stereocenters. The van der Waals surface area contributed by atoms with Gasteiger partial charge in [-0.1, -0.05) is 29.3 Å². The van der Waals surface area contributed by atoms with Crippen molar-refractivity contribution in [2.75, 3.05) is 5.75 Å². The van der Waals surface area contributed by atoms with Crippen LogP contribution >= 0.6 is 23.4 Å². The van der Waals surface area contributed by atoms with E-state index in [-0.39, 0.29) is 6.04 Å². The molecule has 96 valence electrons. The van der Waals surface area contributed by atoms with Crippen LogP contribution in [-0.4, -0.2) is 15.5 Å². The Hall–Kier alpha value is -0.970. The van der Waals surface area contributed by atoms with Gasteiger partial charge in [0.05, 0.1) is 23.0 Å². The molecule has 0 bridgehead atoms. The summed E-state index contributed by atoms with van der Waals surface area (Å²) in [5, 5.41) is 4.74. The Morgan fingerprint density at radius 1 is 1.50 bits per heavy atom. The highest BCUT2D eigenvalue weighted by Gasteiger charge is 2.15. The number of nitrogens with two attached hydrogens (primary N) is 1. The van der Waals surface area contributed by atoms with Crippen molar-refractivity contribution < 1.29 is 0 Å². The summed E-state index contributed by atoms with van der Waals surface area (Å²) in [6.07, 6.45) is 1.63. The van der Waals surface area contributed by atoms with E-state index in [1.54, 1.807) is 22.6 Å². The zero-order valence-electron chi connectivity index (χ0n) is 10.4. The van der Waals surface area contributed by atoms with Gasteiger partial charge in [-0.3, -0.25) is 4.68 Å². The summed E-state index contributed by atoms with van der Waals surface area (Å²) in [4.78, 5) is 1.23. The topological polar surface area (TPSA) is 43.8 Å². The van der Waals surface area contributed by atoms with Gasteiger partial charge in [-0.2, -0.15) is 5.10 Å². The first kappa shape index (κ1) is 13.5. The van der Waals surface area contributed by atoms with Gasteiger partial charge in [0.15, 0.2) is 0 Å². The van der Waals surface area contributed by atoms with Crippen LogP contribution in [0, 0.1) is 6.92 Å². The van der Waals surface area contributed by atoms with Gasteiger partial charge < -0.3 is 5.73 Å². The molecular formula is C13H16ClN3S. The average molecular weight is 282 g/mol. The predicted molar refractivity (Wildman–Crippen MR) is 77.0 cm³/mol. The fourth-order valence-corrected chi connectivity index (χ4v) is 3.09. The SMILES string of the molecule is Cc1cccc(SCC(N)c2c(Cl)cnn2C)c1. The fourth-order valence-electron chi connectivity index (χ4n) is 1.81. The lowest BCUT2D eigenvalue weighted by Crippen LogP contribution is -2.17. The summed E-state index contributed by atoms with van der Waals surface area (Å²) in [6.45, 7) is 2.09. The molecule has 0 amide bonds. The maximum atomic E-state index is 6.16. The van der Waals surface area contributed by atoms with Gasteiger partial charge in [0.2, 0.25) is 0 Å². The van der Waals surface area contributed by atoms with E-state index in [0.717, 1.165) is 11.4 Å². The molecule has 0 saturated heterocycles. The zero-order valence-corrected chi connectivity index (χ0v) is 12.0. The molecule has 0 aliphatic carbocycles. The van der Waals surface area contributed by atoms with Crippen LogP contribution in [0.5, 0.6) is 0 Å². The van der Waals surface area contributed by atoms with Crippen molar-refractivity contribution in [1.82, 2.24) is 9.78 Å². The predicted octanol–water partition coefficient (Wildman–Crippen LogP) is 3.17. The third-order valence-electron chi connectivity index (χ3n) is 2.71. The van der Waals surface area contributed by atoms with Crippen molar-refractivity contribution >= 4 is 23.4 Å². The van der Waals surface area contributed by atoms with E-state index in [9.17, 15) is 0 Å². The van der Waals surface area contributed by atoms with Crippen LogP contribution < -0.4 is 5.73 Å². The third-order valence-corrected chi connectivity index (χ3v) is 4.11. The van der Waals surface area contributed by atoms with Crippen LogP contribution in [-0.2, 0) is 7.05 Å². The molecule has 18 heavy (non-hydrogen) atoms. The maximum absolute atomic E-state index is 6.16. The minimum atomic E-state index is -0.115. The van der Waals surface area contributed by atoms with Crippen LogP contribution in [0.3, 0.4) is 0 Å². The second-order valence-electron chi connectivity index (χ2n) is 4.24. The number of hydrogen-bond donors (Lipinski definition) is 1. The van der Waals surface area contributed by atoms with E-state index in [1.165, 1.54) is 10.5 Å². The number of nitrogens with zero attached hydrogens (tertiary/aromatic N) is 2. The molecule has 0 spiro atoms. The van der Waals surface area contributed by atoms with Gasteiger partial charge in [-0.05, 0) is 19.1 Å². The van der Waals surface area contributed by atoms with E-state index in [2.05, 4.69) is 36.3 Å². The molecule has 0 aliphatic heterocycles. The van der Waals surface area contributed by atoms with Gasteiger partial charge in [0.25, 0.3) is 0 Å². The normalized spacial score (nSPS) is 12.7. The van der Waals surface area contributed by atoms with Crippen LogP contribution in [0.4, 0.5) is 0 Å². The average Bonchev–Trinajstić information content (AvgIpc) is 2.66. The molecule has 1 aromatic carbocycles. The van der Waals surface area contributed by atoms with Gasteiger partial charge in [0, 0.05) is 17.7 Å². The number of aryl methyl sites for hydroxylation is 2. The second-order valence-corrected chi connectivity index (χ2v) is 5.74. The van der Waals surface area contributed by atoms with Gasteiger partial charge in [0.1, 0.15) is 0 Å². The lowest BCUT2D eigenvalue weighted by atomic mass is 10.2. The molecule has 5 heteroatoms. The van der Waals surface area contributed by atoms with Crippen molar-refractivity contribution in [3.05, 3.63) is 46.7 Å². The highest BCUT2D eigenvalue weighted by atomic mass is 35.5. The van der Waals surface area contributed by atoms with Crippen molar-refractivity contribution in [3.63, 3.8) is 0 Å². The molecule has 2 N–H and O–H groups in total. The van der Waals surface area contributed by atoms with Crippen molar-refractivity contribution in [3.8, 4) is 0 Å². The number of halogens is 1. The molecule has 1 aromatic heterocycles. The fraction of sp³-hybridized carbons (Fsp3) is 0.308. The van der Waals surface area contributed by atoms with Crippen molar-refractivity contribution in [1.29, 1.82) is 0 Å². The third kappa shape index (κ3) is 3.07. The summed E-state index contributed by atoms with van der Waals surface area (Å²) in [6, 6.07) is 8.27. The van der Waals surface area contributed by atoms with Crippen LogP contribution in [0.15, 0.2) is 35.4 Å². The molecule has 0 saturated carbocycles. The number of thioether (sulfide) groups is 1. The highest BCUT2D eigenvalue weighted by molar-refractivity contribution is 7.99. The van der Waals surface area contributed by atoms with Crippen molar-refractivity contribution in [2.45, 2.75) is 17.9 Å². The molecule has 1 unspecified atom stereocenters. The maximum Gasteiger partial charge on any atom is 0.0834 e. The summed E-state index contributed by atoms with van der Waals surface area (Å²) in [7, 11) is 1.86. The largest absolute Gasteiger partial charge is 0.322 e. The van der Waals surface area contributed by atoms with E-state index in [1.807, 2.05) is 7.05 Å². The lowest BCUT2D eigenvalue weighted by molar-refractivity contribution is 0.659. The minimum Gasteiger partial charge on any atom is -0.322 e. The summed E-state index contributed by atoms with van der Waals surface area (Å²) in [5.74, 6) is 0.780. The molecule has 3 nitrogen and oxygen atoms in total. The first-order valence-electron chi connectivity index (χ1n) is 5.70. The number of aromatic nitrogens is 2. The Bertz CT molecular complexity index is 519. The zero-order chi connectivity index (χ0) is 13.1. The van der Waals surface area contributed by atoms with Crippen molar-refractivity contribution in [2.24, 2.45) is 12.8 Å². The Balaban J connectivity index is 2.03. The molecule has 2 aromatic rings. The molecule has 1 heterocycles. The van der Waals surface area contributed by atoms with Crippen LogP contribution in [0.1, 0.15) is 17.3 Å². The van der Waals surface area contributed by atoms with Crippen LogP contribution in [0.2, 0.25) is 5.02 Å². The first-order chi connectivity index (χ1) is 8.58. The Morgan fingerprint density at radius 2 is 2.28 bits per heavy atom. The van der Waals surface area contributed by atoms with Gasteiger partial charge in [-0.25, -0.2) is 0 Å². The smallest absolute Gasteiger partial charge is 0.0834 e. The second kappa shape index (κ2) is 5.78. The molecule has 0 fully saturated rings. The molecule has 0 radical (unpaired) electrons. The monoisotopic (exact) mass is 281 g/mol. The Labute approximate surface area is 116 Å². The van der Waals surface area contributed by atoms with Crippen LogP contribution in [0.25, 0.3) is 0 Å². The summed E-state index contributed by atoms with van der Waals surface area (Å²) >= 11 is 7.81. The number of rotatable bonds is 4. The lowest BCUT2D eigenvalue weighted by Gasteiger charge is -2.12. The first-order valence-corrected chi connectivity index (χ1v) is 7.06. The Morgan fingerprint density at radius 3 is 2.89 bits per heavy atom. The number of hydrogen-bond acceptors (Lipinski definition) is 3. The van der Waals surface area contributed by atoms with E-state index in [4.69, 9.17) is 17.3 Å². The Kier molecular flexibility index (Phi) is 4.32. The quantitative estimate of drug-likeness (QED) is 0.876. The molecular weight excluding hydrogens is 266 g/mol. The summed E-state index contributed by atoms with van der Waals surface area (Å²) < 4.78 is 1.74. The van der Waals surface area contributed by atoms with Gasteiger partial charge >= 0.3 is 0 Å². The number of benzene rings is 1. The van der Waals surface area contributed by atoms with Gasteiger partial charge in [-0.15, -0.1) is 11.8 Å². The molecule has 0 aliphatic rings.